The van der Waals surface area contributed by atoms with Crippen LogP contribution >= 0.6 is 0 Å². The number of aromatic hydroxyl groups is 2. The average molecular weight is 300 g/mol. The SMILES string of the molecule is C=C(C)C1=C(c2c(O)cc(CCCCC)nc2O)N=C(C)C1. The Labute approximate surface area is 131 Å². The zero-order valence-corrected chi connectivity index (χ0v) is 13.6. The maximum Gasteiger partial charge on any atom is 0.224 e. The van der Waals surface area contributed by atoms with Gasteiger partial charge in [-0.05, 0) is 32.3 Å². The van der Waals surface area contributed by atoms with Gasteiger partial charge in [-0.1, -0.05) is 31.9 Å². The van der Waals surface area contributed by atoms with E-state index in [1.54, 1.807) is 6.07 Å². The number of pyridine rings is 1. The summed E-state index contributed by atoms with van der Waals surface area (Å²) >= 11 is 0. The second-order valence-corrected chi connectivity index (χ2v) is 5.92. The molecule has 2 heterocycles. The molecular formula is C18H24N2O2. The first-order valence-electron chi connectivity index (χ1n) is 7.79. The number of aliphatic imine (C=N–C) groups is 1. The van der Waals surface area contributed by atoms with Crippen LogP contribution in [0.1, 0.15) is 57.7 Å². The summed E-state index contributed by atoms with van der Waals surface area (Å²) in [4.78, 5) is 8.70. The number of unbranched alkanes of at least 4 members (excludes halogenated alkanes) is 2. The first-order chi connectivity index (χ1) is 10.4. The lowest BCUT2D eigenvalue weighted by molar-refractivity contribution is 0.428. The van der Waals surface area contributed by atoms with Crippen molar-refractivity contribution in [1.82, 2.24) is 4.98 Å². The number of rotatable bonds is 6. The van der Waals surface area contributed by atoms with Crippen LogP contribution in [-0.2, 0) is 6.42 Å². The van der Waals surface area contributed by atoms with Gasteiger partial charge >= 0.3 is 0 Å². The van der Waals surface area contributed by atoms with Gasteiger partial charge in [-0.3, -0.25) is 4.99 Å². The van der Waals surface area contributed by atoms with E-state index in [1.807, 2.05) is 13.8 Å². The Morgan fingerprint density at radius 1 is 1.32 bits per heavy atom. The van der Waals surface area contributed by atoms with E-state index in [-0.39, 0.29) is 11.6 Å². The fourth-order valence-electron chi connectivity index (χ4n) is 2.68. The zero-order valence-electron chi connectivity index (χ0n) is 13.6. The molecule has 0 saturated carbocycles. The molecule has 1 aliphatic rings. The Hall–Kier alpha value is -2.10. The molecule has 1 aromatic rings. The first-order valence-corrected chi connectivity index (χ1v) is 7.79. The van der Waals surface area contributed by atoms with Gasteiger partial charge in [0, 0.05) is 23.9 Å². The van der Waals surface area contributed by atoms with E-state index in [1.165, 1.54) is 0 Å². The minimum atomic E-state index is -0.154. The van der Waals surface area contributed by atoms with Crippen LogP contribution in [-0.4, -0.2) is 20.9 Å². The van der Waals surface area contributed by atoms with Crippen molar-refractivity contribution in [3.8, 4) is 11.6 Å². The monoisotopic (exact) mass is 300 g/mol. The minimum Gasteiger partial charge on any atom is -0.507 e. The Balaban J connectivity index is 2.40. The second-order valence-electron chi connectivity index (χ2n) is 5.92. The van der Waals surface area contributed by atoms with Crippen molar-refractivity contribution in [3.05, 3.63) is 35.0 Å². The standard InChI is InChI=1S/C18H24N2O2/c1-5-6-7-8-13-10-15(21)16(18(22)20-13)17-14(11(2)3)9-12(4)19-17/h10H,2,5-9H2,1,3-4H3,(H2,20,21,22). The summed E-state index contributed by atoms with van der Waals surface area (Å²) in [5.41, 5.74) is 4.40. The van der Waals surface area contributed by atoms with Crippen molar-refractivity contribution in [2.24, 2.45) is 4.99 Å². The van der Waals surface area contributed by atoms with Crippen molar-refractivity contribution < 1.29 is 10.2 Å². The van der Waals surface area contributed by atoms with Crippen molar-refractivity contribution in [2.45, 2.75) is 52.9 Å². The number of aromatic nitrogens is 1. The predicted molar refractivity (Wildman–Crippen MR) is 90.3 cm³/mol. The second kappa shape index (κ2) is 6.77. The highest BCUT2D eigenvalue weighted by molar-refractivity contribution is 5.99. The lowest BCUT2D eigenvalue weighted by Crippen LogP contribution is -1.96. The van der Waals surface area contributed by atoms with Gasteiger partial charge in [0.1, 0.15) is 11.3 Å². The fourth-order valence-corrected chi connectivity index (χ4v) is 2.68. The lowest BCUT2D eigenvalue weighted by atomic mass is 10.00. The number of hydrogen-bond acceptors (Lipinski definition) is 4. The molecule has 0 unspecified atom stereocenters. The third kappa shape index (κ3) is 3.38. The third-order valence-corrected chi connectivity index (χ3v) is 3.84. The molecule has 0 bridgehead atoms. The Bertz CT molecular complexity index is 634. The first kappa shape index (κ1) is 16.3. The summed E-state index contributed by atoms with van der Waals surface area (Å²) in [5.74, 6) is -0.120. The van der Waals surface area contributed by atoms with Gasteiger partial charge in [0.15, 0.2) is 0 Å². The van der Waals surface area contributed by atoms with E-state index >= 15 is 0 Å². The highest BCUT2D eigenvalue weighted by Crippen LogP contribution is 2.40. The normalized spacial score (nSPS) is 14.4. The van der Waals surface area contributed by atoms with E-state index in [2.05, 4.69) is 23.5 Å². The summed E-state index contributed by atoms with van der Waals surface area (Å²) in [5, 5.41) is 20.6. The summed E-state index contributed by atoms with van der Waals surface area (Å²) in [6, 6.07) is 1.64. The highest BCUT2D eigenvalue weighted by atomic mass is 16.3. The molecular weight excluding hydrogens is 276 g/mol. The van der Waals surface area contributed by atoms with E-state index in [0.717, 1.165) is 42.5 Å². The zero-order chi connectivity index (χ0) is 16.3. The molecule has 0 saturated heterocycles. The molecule has 0 radical (unpaired) electrons. The molecule has 2 rings (SSSR count). The van der Waals surface area contributed by atoms with E-state index < -0.39 is 0 Å². The topological polar surface area (TPSA) is 65.7 Å². The maximum absolute atomic E-state index is 10.3. The van der Waals surface area contributed by atoms with Crippen molar-refractivity contribution >= 4 is 11.4 Å². The van der Waals surface area contributed by atoms with Gasteiger partial charge in [-0.2, -0.15) is 0 Å². The molecule has 4 heteroatoms. The summed E-state index contributed by atoms with van der Waals surface area (Å²) in [7, 11) is 0. The van der Waals surface area contributed by atoms with Gasteiger partial charge in [-0.25, -0.2) is 4.98 Å². The van der Waals surface area contributed by atoms with Crippen LogP contribution in [0.25, 0.3) is 5.70 Å². The summed E-state index contributed by atoms with van der Waals surface area (Å²) in [6.45, 7) is 9.93. The van der Waals surface area contributed by atoms with Crippen LogP contribution in [0.2, 0.25) is 0 Å². The van der Waals surface area contributed by atoms with Gasteiger partial charge in [-0.15, -0.1) is 0 Å². The summed E-state index contributed by atoms with van der Waals surface area (Å²) in [6.07, 6.45) is 4.68. The molecule has 0 fully saturated rings. The fraction of sp³-hybridized carbons (Fsp3) is 0.444. The molecule has 0 amide bonds. The van der Waals surface area contributed by atoms with Crippen molar-refractivity contribution in [2.75, 3.05) is 0 Å². The molecule has 0 aromatic carbocycles. The maximum atomic E-state index is 10.3. The predicted octanol–water partition coefficient (Wildman–Crippen LogP) is 4.38. The van der Waals surface area contributed by atoms with Crippen LogP contribution in [0.3, 0.4) is 0 Å². The van der Waals surface area contributed by atoms with Crippen molar-refractivity contribution in [1.29, 1.82) is 0 Å². The van der Waals surface area contributed by atoms with E-state index in [9.17, 15) is 10.2 Å². The smallest absolute Gasteiger partial charge is 0.224 e. The molecule has 0 aliphatic carbocycles. The van der Waals surface area contributed by atoms with Crippen LogP contribution in [0.15, 0.2) is 28.8 Å². The summed E-state index contributed by atoms with van der Waals surface area (Å²) < 4.78 is 0. The highest BCUT2D eigenvalue weighted by Gasteiger charge is 2.23. The number of hydrogen-bond donors (Lipinski definition) is 2. The van der Waals surface area contributed by atoms with E-state index in [0.29, 0.717) is 23.4 Å². The molecule has 4 nitrogen and oxygen atoms in total. The minimum absolute atomic E-state index is 0.0335. The molecule has 0 atom stereocenters. The molecule has 118 valence electrons. The van der Waals surface area contributed by atoms with E-state index in [4.69, 9.17) is 0 Å². The average Bonchev–Trinajstić information content (AvgIpc) is 2.80. The molecule has 0 spiro atoms. The largest absolute Gasteiger partial charge is 0.507 e. The lowest BCUT2D eigenvalue weighted by Gasteiger charge is -2.11. The Kier molecular flexibility index (Phi) is 5.01. The number of nitrogens with zero attached hydrogens (tertiary/aromatic N) is 2. The third-order valence-electron chi connectivity index (χ3n) is 3.84. The quantitative estimate of drug-likeness (QED) is 0.766. The van der Waals surface area contributed by atoms with Gasteiger partial charge in [0.25, 0.3) is 0 Å². The van der Waals surface area contributed by atoms with Crippen LogP contribution in [0.4, 0.5) is 0 Å². The molecule has 2 N–H and O–H groups in total. The Morgan fingerprint density at radius 3 is 2.64 bits per heavy atom. The van der Waals surface area contributed by atoms with Crippen LogP contribution < -0.4 is 0 Å². The van der Waals surface area contributed by atoms with Crippen LogP contribution in [0.5, 0.6) is 11.6 Å². The molecule has 22 heavy (non-hydrogen) atoms. The van der Waals surface area contributed by atoms with Gasteiger partial charge < -0.3 is 10.2 Å². The van der Waals surface area contributed by atoms with Gasteiger partial charge in [0.05, 0.1) is 5.70 Å². The number of aryl methyl sites for hydroxylation is 1. The molecule has 1 aromatic heterocycles. The number of allylic oxidation sites excluding steroid dienone is 2. The van der Waals surface area contributed by atoms with Crippen molar-refractivity contribution in [3.63, 3.8) is 0 Å². The van der Waals surface area contributed by atoms with Gasteiger partial charge in [0.2, 0.25) is 5.88 Å². The Morgan fingerprint density at radius 2 is 2.05 bits per heavy atom. The molecule has 1 aliphatic heterocycles. The van der Waals surface area contributed by atoms with Crippen LogP contribution in [0, 0.1) is 0 Å².